The number of amides is 1. The van der Waals surface area contributed by atoms with Gasteiger partial charge in [-0.25, -0.2) is 0 Å². The maximum Gasteiger partial charge on any atom is 0.223 e. The van der Waals surface area contributed by atoms with Gasteiger partial charge >= 0.3 is 0 Å². The summed E-state index contributed by atoms with van der Waals surface area (Å²) in [7, 11) is 0. The van der Waals surface area contributed by atoms with Gasteiger partial charge in [-0.05, 0) is 53.4 Å². The van der Waals surface area contributed by atoms with E-state index in [1.54, 1.807) is 11.8 Å². The van der Waals surface area contributed by atoms with E-state index in [0.717, 1.165) is 42.7 Å². The molecule has 1 amide bonds. The molecule has 1 aliphatic rings. The standard InChI is InChI=1S/C15H21BrN2OS/c16-13-3-1-2-4-14(13)20-10-7-15(19)18-8-5-12(11-17)6-9-18/h1-4,12H,5-11,17H2. The Kier molecular flexibility index (Phi) is 6.39. The first-order valence-corrected chi connectivity index (χ1v) is 8.83. The quantitative estimate of drug-likeness (QED) is 0.824. The van der Waals surface area contributed by atoms with E-state index in [-0.39, 0.29) is 5.91 Å². The van der Waals surface area contributed by atoms with E-state index in [9.17, 15) is 4.79 Å². The second-order valence-electron chi connectivity index (χ2n) is 5.09. The van der Waals surface area contributed by atoms with Gasteiger partial charge in [0.25, 0.3) is 0 Å². The van der Waals surface area contributed by atoms with Gasteiger partial charge in [0.1, 0.15) is 0 Å². The Hall–Kier alpha value is -0.520. The molecule has 20 heavy (non-hydrogen) atoms. The minimum absolute atomic E-state index is 0.278. The highest BCUT2D eigenvalue weighted by atomic mass is 79.9. The fourth-order valence-corrected chi connectivity index (χ4v) is 3.89. The van der Waals surface area contributed by atoms with Crippen LogP contribution in [0.5, 0.6) is 0 Å². The third kappa shape index (κ3) is 4.50. The Morgan fingerprint density at radius 2 is 2.05 bits per heavy atom. The lowest BCUT2D eigenvalue weighted by molar-refractivity contribution is -0.132. The number of piperidine rings is 1. The zero-order valence-electron chi connectivity index (χ0n) is 11.6. The lowest BCUT2D eigenvalue weighted by atomic mass is 9.97. The first-order valence-electron chi connectivity index (χ1n) is 7.06. The second-order valence-corrected chi connectivity index (χ2v) is 7.08. The molecular weight excluding hydrogens is 336 g/mol. The van der Waals surface area contributed by atoms with Crippen LogP contribution in [0.3, 0.4) is 0 Å². The highest BCUT2D eigenvalue weighted by molar-refractivity contribution is 9.10. The predicted octanol–water partition coefficient (Wildman–Crippen LogP) is 3.13. The molecule has 2 N–H and O–H groups in total. The van der Waals surface area contributed by atoms with E-state index in [2.05, 4.69) is 22.0 Å². The number of hydrogen-bond donors (Lipinski definition) is 1. The summed E-state index contributed by atoms with van der Waals surface area (Å²) in [4.78, 5) is 15.3. The third-order valence-corrected chi connectivity index (χ3v) is 5.74. The molecule has 0 saturated carbocycles. The summed E-state index contributed by atoms with van der Waals surface area (Å²) in [5.74, 6) is 1.71. The number of carbonyl (C=O) groups is 1. The van der Waals surface area contributed by atoms with Crippen LogP contribution in [-0.2, 0) is 4.79 Å². The van der Waals surface area contributed by atoms with Crippen LogP contribution in [0, 0.1) is 5.92 Å². The van der Waals surface area contributed by atoms with E-state index in [1.165, 1.54) is 4.90 Å². The number of carbonyl (C=O) groups excluding carboxylic acids is 1. The Labute approximate surface area is 133 Å². The molecule has 1 aromatic rings. The van der Waals surface area contributed by atoms with Crippen molar-refractivity contribution >= 4 is 33.6 Å². The van der Waals surface area contributed by atoms with E-state index >= 15 is 0 Å². The zero-order valence-corrected chi connectivity index (χ0v) is 14.0. The highest BCUT2D eigenvalue weighted by Crippen LogP contribution is 2.27. The summed E-state index contributed by atoms with van der Waals surface area (Å²) in [6, 6.07) is 8.13. The van der Waals surface area contributed by atoms with Crippen molar-refractivity contribution in [1.29, 1.82) is 0 Å². The van der Waals surface area contributed by atoms with Crippen LogP contribution in [0.25, 0.3) is 0 Å². The molecule has 0 spiro atoms. The van der Waals surface area contributed by atoms with Gasteiger partial charge in [-0.15, -0.1) is 11.8 Å². The number of benzene rings is 1. The first kappa shape index (κ1) is 15.9. The molecule has 110 valence electrons. The number of nitrogens with zero attached hydrogens (tertiary/aromatic N) is 1. The molecule has 0 aliphatic carbocycles. The number of rotatable bonds is 5. The Morgan fingerprint density at radius 1 is 1.35 bits per heavy atom. The van der Waals surface area contributed by atoms with Crippen molar-refractivity contribution in [2.24, 2.45) is 11.7 Å². The van der Waals surface area contributed by atoms with E-state index in [4.69, 9.17) is 5.73 Å². The molecule has 1 saturated heterocycles. The van der Waals surface area contributed by atoms with Gasteiger partial charge in [-0.2, -0.15) is 0 Å². The number of nitrogens with two attached hydrogens (primary N) is 1. The molecule has 0 radical (unpaired) electrons. The van der Waals surface area contributed by atoms with Crippen molar-refractivity contribution < 1.29 is 4.79 Å². The lowest BCUT2D eigenvalue weighted by Crippen LogP contribution is -2.40. The monoisotopic (exact) mass is 356 g/mol. The molecule has 0 bridgehead atoms. The van der Waals surface area contributed by atoms with Crippen LogP contribution >= 0.6 is 27.7 Å². The van der Waals surface area contributed by atoms with Crippen molar-refractivity contribution in [1.82, 2.24) is 4.90 Å². The summed E-state index contributed by atoms with van der Waals surface area (Å²) < 4.78 is 1.10. The molecule has 1 aromatic carbocycles. The fourth-order valence-electron chi connectivity index (χ4n) is 2.39. The number of halogens is 1. The van der Waals surface area contributed by atoms with Crippen molar-refractivity contribution in [3.63, 3.8) is 0 Å². The van der Waals surface area contributed by atoms with Crippen LogP contribution < -0.4 is 5.73 Å². The first-order chi connectivity index (χ1) is 9.70. The molecule has 5 heteroatoms. The molecule has 1 heterocycles. The Morgan fingerprint density at radius 3 is 2.70 bits per heavy atom. The minimum Gasteiger partial charge on any atom is -0.343 e. The van der Waals surface area contributed by atoms with Crippen molar-refractivity contribution in [3.05, 3.63) is 28.7 Å². The summed E-state index contributed by atoms with van der Waals surface area (Å²) in [5.41, 5.74) is 5.67. The average molecular weight is 357 g/mol. The van der Waals surface area contributed by atoms with Gasteiger partial charge in [0, 0.05) is 34.6 Å². The van der Waals surface area contributed by atoms with Gasteiger partial charge < -0.3 is 10.6 Å². The van der Waals surface area contributed by atoms with Crippen molar-refractivity contribution in [2.75, 3.05) is 25.4 Å². The molecule has 0 unspecified atom stereocenters. The van der Waals surface area contributed by atoms with E-state index < -0.39 is 0 Å². The lowest BCUT2D eigenvalue weighted by Gasteiger charge is -2.31. The average Bonchev–Trinajstić information content (AvgIpc) is 2.49. The topological polar surface area (TPSA) is 46.3 Å². The van der Waals surface area contributed by atoms with E-state index in [0.29, 0.717) is 12.3 Å². The molecule has 1 fully saturated rings. The van der Waals surface area contributed by atoms with Crippen LogP contribution in [0.1, 0.15) is 19.3 Å². The highest BCUT2D eigenvalue weighted by Gasteiger charge is 2.21. The van der Waals surface area contributed by atoms with Gasteiger partial charge in [0.2, 0.25) is 5.91 Å². The third-order valence-electron chi connectivity index (χ3n) is 3.71. The normalized spacial score (nSPS) is 16.4. The molecule has 2 rings (SSSR count). The SMILES string of the molecule is NCC1CCN(C(=O)CCSc2ccccc2Br)CC1. The Balaban J connectivity index is 1.72. The molecule has 3 nitrogen and oxygen atoms in total. The van der Waals surface area contributed by atoms with Crippen LogP contribution in [0.15, 0.2) is 33.6 Å². The summed E-state index contributed by atoms with van der Waals surface area (Å²) in [5, 5.41) is 0. The maximum atomic E-state index is 12.1. The van der Waals surface area contributed by atoms with Crippen molar-refractivity contribution in [3.8, 4) is 0 Å². The number of likely N-dealkylation sites (tertiary alicyclic amines) is 1. The summed E-state index contributed by atoms with van der Waals surface area (Å²) in [6.07, 6.45) is 2.72. The zero-order chi connectivity index (χ0) is 14.4. The maximum absolute atomic E-state index is 12.1. The second kappa shape index (κ2) is 8.05. The molecule has 1 aliphatic heterocycles. The molecule has 0 atom stereocenters. The summed E-state index contributed by atoms with van der Waals surface area (Å²) >= 11 is 5.26. The number of thioether (sulfide) groups is 1. The molecular formula is C15H21BrN2OS. The largest absolute Gasteiger partial charge is 0.343 e. The fraction of sp³-hybridized carbons (Fsp3) is 0.533. The van der Waals surface area contributed by atoms with Crippen LogP contribution in [-0.4, -0.2) is 36.2 Å². The Bertz CT molecular complexity index is 447. The summed E-state index contributed by atoms with van der Waals surface area (Å²) in [6.45, 7) is 2.50. The van der Waals surface area contributed by atoms with Gasteiger partial charge in [-0.3, -0.25) is 4.79 Å². The predicted molar refractivity (Wildman–Crippen MR) is 87.8 cm³/mol. The molecule has 0 aromatic heterocycles. The minimum atomic E-state index is 0.278. The van der Waals surface area contributed by atoms with Gasteiger partial charge in [-0.1, -0.05) is 12.1 Å². The van der Waals surface area contributed by atoms with Gasteiger partial charge in [0.05, 0.1) is 0 Å². The van der Waals surface area contributed by atoms with Crippen molar-refractivity contribution in [2.45, 2.75) is 24.2 Å². The van der Waals surface area contributed by atoms with Crippen LogP contribution in [0.4, 0.5) is 0 Å². The number of hydrogen-bond acceptors (Lipinski definition) is 3. The van der Waals surface area contributed by atoms with Crippen LogP contribution in [0.2, 0.25) is 0 Å². The van der Waals surface area contributed by atoms with E-state index in [1.807, 2.05) is 23.1 Å². The smallest absolute Gasteiger partial charge is 0.223 e. The van der Waals surface area contributed by atoms with Gasteiger partial charge in [0.15, 0.2) is 0 Å².